The zero-order chi connectivity index (χ0) is 22.1. The SMILES string of the molecule is CC(C)(c1cccc(C2(NCC(O)C(N)Cc3cc(F)cc(F)c3)CC2)c1)C(F)F. The normalized spacial score (nSPS) is 17.8. The molecule has 0 saturated heterocycles. The van der Waals surface area contributed by atoms with Crippen LogP contribution in [0.3, 0.4) is 0 Å². The predicted molar refractivity (Wildman–Crippen MR) is 108 cm³/mol. The number of aliphatic hydroxyl groups excluding tert-OH is 1. The molecule has 0 radical (unpaired) electrons. The Balaban J connectivity index is 1.64. The number of halogens is 4. The number of benzene rings is 2. The Morgan fingerprint density at radius 1 is 1.10 bits per heavy atom. The van der Waals surface area contributed by atoms with Crippen LogP contribution in [0, 0.1) is 11.6 Å². The molecule has 0 amide bonds. The fourth-order valence-corrected chi connectivity index (χ4v) is 3.62. The summed E-state index contributed by atoms with van der Waals surface area (Å²) in [5.74, 6) is -1.37. The van der Waals surface area contributed by atoms with Crippen molar-refractivity contribution in [2.45, 2.75) is 62.6 Å². The summed E-state index contributed by atoms with van der Waals surface area (Å²) in [7, 11) is 0. The average Bonchev–Trinajstić information content (AvgIpc) is 3.46. The maximum Gasteiger partial charge on any atom is 0.247 e. The van der Waals surface area contributed by atoms with Crippen molar-refractivity contribution in [3.8, 4) is 0 Å². The number of hydrogen-bond donors (Lipinski definition) is 3. The van der Waals surface area contributed by atoms with Crippen molar-refractivity contribution in [2.24, 2.45) is 5.73 Å². The molecule has 0 aliphatic heterocycles. The minimum atomic E-state index is -2.48. The van der Waals surface area contributed by atoms with Gasteiger partial charge in [0.2, 0.25) is 6.43 Å². The zero-order valence-electron chi connectivity index (χ0n) is 17.1. The molecule has 7 heteroatoms. The van der Waals surface area contributed by atoms with Crippen LogP contribution in [-0.2, 0) is 17.4 Å². The smallest absolute Gasteiger partial charge is 0.247 e. The van der Waals surface area contributed by atoms with Gasteiger partial charge in [-0.25, -0.2) is 17.6 Å². The second kappa shape index (κ2) is 8.65. The van der Waals surface area contributed by atoms with Gasteiger partial charge in [-0.05, 0) is 48.1 Å². The lowest BCUT2D eigenvalue weighted by Crippen LogP contribution is -2.45. The highest BCUT2D eigenvalue weighted by molar-refractivity contribution is 5.37. The van der Waals surface area contributed by atoms with Crippen LogP contribution in [-0.4, -0.2) is 30.2 Å². The number of nitrogens with two attached hydrogens (primary N) is 1. The molecule has 2 aromatic rings. The van der Waals surface area contributed by atoms with Gasteiger partial charge in [0.25, 0.3) is 0 Å². The van der Waals surface area contributed by atoms with E-state index in [2.05, 4.69) is 5.32 Å². The third kappa shape index (κ3) is 5.02. The molecule has 2 unspecified atom stereocenters. The molecule has 1 aliphatic rings. The highest BCUT2D eigenvalue weighted by atomic mass is 19.3. The maximum absolute atomic E-state index is 13.4. The van der Waals surface area contributed by atoms with Gasteiger partial charge >= 0.3 is 0 Å². The highest BCUT2D eigenvalue weighted by Gasteiger charge is 2.45. The summed E-state index contributed by atoms with van der Waals surface area (Å²) in [6.45, 7) is 3.21. The summed E-state index contributed by atoms with van der Waals surface area (Å²) in [6.07, 6.45) is -1.65. The van der Waals surface area contributed by atoms with Crippen LogP contribution in [0.1, 0.15) is 43.4 Å². The van der Waals surface area contributed by atoms with E-state index in [4.69, 9.17) is 5.73 Å². The number of alkyl halides is 2. The van der Waals surface area contributed by atoms with E-state index in [1.165, 1.54) is 26.0 Å². The number of aliphatic hydroxyl groups is 1. The summed E-state index contributed by atoms with van der Waals surface area (Å²) in [5.41, 5.74) is 6.25. The molecule has 4 N–H and O–H groups in total. The van der Waals surface area contributed by atoms with Crippen molar-refractivity contribution < 1.29 is 22.7 Å². The minimum Gasteiger partial charge on any atom is -0.390 e. The molecule has 1 fully saturated rings. The van der Waals surface area contributed by atoms with Crippen molar-refractivity contribution in [2.75, 3.05) is 6.54 Å². The third-order valence-electron chi connectivity index (χ3n) is 5.99. The number of nitrogens with one attached hydrogen (secondary N) is 1. The average molecular weight is 424 g/mol. The van der Waals surface area contributed by atoms with Crippen molar-refractivity contribution >= 4 is 0 Å². The van der Waals surface area contributed by atoms with E-state index in [1.807, 2.05) is 6.07 Å². The molecule has 0 aromatic heterocycles. The molecule has 2 atom stereocenters. The highest BCUT2D eigenvalue weighted by Crippen LogP contribution is 2.46. The van der Waals surface area contributed by atoms with Gasteiger partial charge in [0.1, 0.15) is 11.6 Å². The van der Waals surface area contributed by atoms with E-state index >= 15 is 0 Å². The largest absolute Gasteiger partial charge is 0.390 e. The first-order chi connectivity index (χ1) is 14.0. The van der Waals surface area contributed by atoms with Crippen molar-refractivity contribution in [1.29, 1.82) is 0 Å². The van der Waals surface area contributed by atoms with Gasteiger partial charge in [-0.1, -0.05) is 38.1 Å². The van der Waals surface area contributed by atoms with Crippen molar-refractivity contribution in [1.82, 2.24) is 5.32 Å². The second-order valence-electron chi connectivity index (χ2n) is 8.78. The van der Waals surface area contributed by atoms with E-state index in [1.54, 1.807) is 18.2 Å². The summed E-state index contributed by atoms with van der Waals surface area (Å²) < 4.78 is 53.5. The topological polar surface area (TPSA) is 58.3 Å². The van der Waals surface area contributed by atoms with Gasteiger partial charge in [-0.15, -0.1) is 0 Å². The Morgan fingerprint density at radius 2 is 1.73 bits per heavy atom. The van der Waals surface area contributed by atoms with Crippen LogP contribution in [0.5, 0.6) is 0 Å². The standard InChI is InChI=1S/C23H28F4N2O/c1-22(2,21(26)27)15-4-3-5-16(11-15)23(6-7-23)29-13-20(30)19(28)10-14-8-17(24)12-18(25)9-14/h3-5,8-9,11-12,19-21,29-30H,6-7,10,13,28H2,1-2H3. The molecule has 2 aromatic carbocycles. The quantitative estimate of drug-likeness (QED) is 0.533. The minimum absolute atomic E-state index is 0.128. The Kier molecular flexibility index (Phi) is 6.55. The molecule has 0 heterocycles. The third-order valence-corrected chi connectivity index (χ3v) is 5.99. The van der Waals surface area contributed by atoms with Crippen LogP contribution in [0.2, 0.25) is 0 Å². The molecule has 164 valence electrons. The molecule has 1 saturated carbocycles. The van der Waals surface area contributed by atoms with Crippen LogP contribution in [0.25, 0.3) is 0 Å². The Morgan fingerprint density at radius 3 is 2.30 bits per heavy atom. The van der Waals surface area contributed by atoms with Gasteiger partial charge in [0.15, 0.2) is 0 Å². The van der Waals surface area contributed by atoms with Crippen LogP contribution in [0.15, 0.2) is 42.5 Å². The summed E-state index contributed by atoms with van der Waals surface area (Å²) in [6, 6.07) is 9.64. The molecule has 0 bridgehead atoms. The molecule has 30 heavy (non-hydrogen) atoms. The van der Waals surface area contributed by atoms with E-state index in [0.717, 1.165) is 24.5 Å². The van der Waals surface area contributed by atoms with Gasteiger partial charge in [-0.2, -0.15) is 0 Å². The maximum atomic E-state index is 13.4. The first kappa shape index (κ1) is 22.7. The first-order valence-electron chi connectivity index (χ1n) is 10.1. The van der Waals surface area contributed by atoms with E-state index in [9.17, 15) is 22.7 Å². The van der Waals surface area contributed by atoms with Crippen LogP contribution in [0.4, 0.5) is 17.6 Å². The van der Waals surface area contributed by atoms with Crippen LogP contribution < -0.4 is 11.1 Å². The summed E-state index contributed by atoms with van der Waals surface area (Å²) >= 11 is 0. The molecular formula is C23H28F4N2O. The fourth-order valence-electron chi connectivity index (χ4n) is 3.62. The van der Waals surface area contributed by atoms with Crippen molar-refractivity contribution in [3.63, 3.8) is 0 Å². The molecule has 3 nitrogen and oxygen atoms in total. The van der Waals surface area contributed by atoms with Gasteiger partial charge < -0.3 is 16.2 Å². The summed E-state index contributed by atoms with van der Waals surface area (Å²) in [5, 5.41) is 13.8. The number of hydrogen-bond acceptors (Lipinski definition) is 3. The van der Waals surface area contributed by atoms with Gasteiger partial charge in [0, 0.05) is 24.2 Å². The lowest BCUT2D eigenvalue weighted by molar-refractivity contribution is 0.0693. The van der Waals surface area contributed by atoms with E-state index < -0.39 is 35.6 Å². The van der Waals surface area contributed by atoms with Gasteiger partial charge in [0.05, 0.1) is 11.5 Å². The van der Waals surface area contributed by atoms with E-state index in [-0.39, 0.29) is 18.5 Å². The zero-order valence-corrected chi connectivity index (χ0v) is 17.1. The predicted octanol–water partition coefficient (Wildman–Crippen LogP) is 4.02. The second-order valence-corrected chi connectivity index (χ2v) is 8.78. The lowest BCUT2D eigenvalue weighted by atomic mass is 9.83. The Labute approximate surface area is 174 Å². The lowest BCUT2D eigenvalue weighted by Gasteiger charge is -2.27. The Bertz CT molecular complexity index is 863. The fraction of sp³-hybridized carbons (Fsp3) is 0.478. The molecule has 1 aliphatic carbocycles. The number of rotatable bonds is 9. The monoisotopic (exact) mass is 424 g/mol. The van der Waals surface area contributed by atoms with E-state index in [0.29, 0.717) is 11.1 Å². The summed E-state index contributed by atoms with van der Waals surface area (Å²) in [4.78, 5) is 0. The first-order valence-corrected chi connectivity index (χ1v) is 10.1. The molecule has 0 spiro atoms. The Hall–Kier alpha value is -1.96. The molecular weight excluding hydrogens is 396 g/mol. The van der Waals surface area contributed by atoms with Crippen LogP contribution >= 0.6 is 0 Å². The van der Waals surface area contributed by atoms with Gasteiger partial charge in [-0.3, -0.25) is 0 Å². The molecule has 3 rings (SSSR count). The van der Waals surface area contributed by atoms with Crippen molar-refractivity contribution in [3.05, 3.63) is 70.8 Å².